The second-order valence-corrected chi connectivity index (χ2v) is 11.0. The van der Waals surface area contributed by atoms with Gasteiger partial charge in [-0.3, -0.25) is 0 Å². The van der Waals surface area contributed by atoms with E-state index in [2.05, 4.69) is 140 Å². The summed E-state index contributed by atoms with van der Waals surface area (Å²) in [5.41, 5.74) is 13.0. The van der Waals surface area contributed by atoms with Crippen molar-refractivity contribution in [1.29, 1.82) is 0 Å². The molecule has 180 valence electrons. The molecule has 38 heavy (non-hydrogen) atoms. The first-order valence-corrected chi connectivity index (χ1v) is 13.4. The summed E-state index contributed by atoms with van der Waals surface area (Å²) in [4.78, 5) is 3.76. The van der Waals surface area contributed by atoms with Gasteiger partial charge in [-0.25, -0.2) is 0 Å². The second kappa shape index (κ2) is 7.69. The van der Waals surface area contributed by atoms with E-state index in [1.165, 1.54) is 77.1 Å². The van der Waals surface area contributed by atoms with Crippen LogP contribution in [0.1, 0.15) is 25.0 Å². The summed E-state index contributed by atoms with van der Waals surface area (Å²) in [6.07, 6.45) is 0. The minimum atomic E-state index is -0.00172. The number of hydrogen-bond donors (Lipinski definition) is 1. The number of nitrogens with one attached hydrogen (secondary N) is 1. The molecule has 1 aromatic heterocycles. The third-order valence-electron chi connectivity index (χ3n) is 8.61. The summed E-state index contributed by atoms with van der Waals surface area (Å²) < 4.78 is 0. The Morgan fingerprint density at radius 2 is 1.18 bits per heavy atom. The van der Waals surface area contributed by atoms with Crippen LogP contribution in [0.5, 0.6) is 0 Å². The van der Waals surface area contributed by atoms with Gasteiger partial charge in [0, 0.05) is 27.3 Å². The Bertz CT molecular complexity index is 2050. The van der Waals surface area contributed by atoms with Crippen molar-refractivity contribution in [1.82, 2.24) is 4.98 Å². The molecule has 0 saturated heterocycles. The minimum Gasteiger partial charge on any atom is -0.354 e. The van der Waals surface area contributed by atoms with E-state index in [1.807, 2.05) is 0 Å². The maximum Gasteiger partial charge on any atom is 0.0544 e. The van der Waals surface area contributed by atoms with Crippen molar-refractivity contribution in [2.24, 2.45) is 0 Å². The summed E-state index contributed by atoms with van der Waals surface area (Å²) in [7, 11) is 0. The summed E-state index contributed by atoms with van der Waals surface area (Å²) in [5, 5.41) is 5.14. The highest BCUT2D eigenvalue weighted by Crippen LogP contribution is 2.52. The van der Waals surface area contributed by atoms with E-state index in [9.17, 15) is 0 Å². The molecule has 0 fully saturated rings. The summed E-state index contributed by atoms with van der Waals surface area (Å²) in [6, 6.07) is 44.5. The molecule has 0 aliphatic heterocycles. The van der Waals surface area contributed by atoms with Crippen LogP contribution in [0, 0.1) is 0 Å². The third kappa shape index (κ3) is 2.87. The lowest BCUT2D eigenvalue weighted by Crippen LogP contribution is -2.14. The van der Waals surface area contributed by atoms with Gasteiger partial charge in [0.2, 0.25) is 0 Å². The first-order valence-electron chi connectivity index (χ1n) is 13.4. The van der Waals surface area contributed by atoms with Gasteiger partial charge in [0.1, 0.15) is 0 Å². The maximum atomic E-state index is 3.76. The number of benzene rings is 6. The van der Waals surface area contributed by atoms with Gasteiger partial charge in [-0.15, -0.1) is 0 Å². The monoisotopic (exact) mass is 485 g/mol. The van der Waals surface area contributed by atoms with Crippen molar-refractivity contribution >= 4 is 32.6 Å². The molecule has 1 aliphatic rings. The van der Waals surface area contributed by atoms with Gasteiger partial charge in [-0.05, 0) is 61.8 Å². The van der Waals surface area contributed by atoms with Crippen molar-refractivity contribution in [3.63, 3.8) is 0 Å². The van der Waals surface area contributed by atoms with Crippen LogP contribution in [0.15, 0.2) is 121 Å². The highest BCUT2D eigenvalue weighted by atomic mass is 14.7. The van der Waals surface area contributed by atoms with E-state index in [4.69, 9.17) is 0 Å². The fourth-order valence-corrected chi connectivity index (χ4v) is 6.79. The molecule has 1 heteroatoms. The van der Waals surface area contributed by atoms with Gasteiger partial charge in [0.05, 0.1) is 5.52 Å². The summed E-state index contributed by atoms with van der Waals surface area (Å²) in [5.74, 6) is 0. The van der Waals surface area contributed by atoms with Gasteiger partial charge >= 0.3 is 0 Å². The van der Waals surface area contributed by atoms with Crippen LogP contribution in [0.2, 0.25) is 0 Å². The molecule has 7 aromatic rings. The number of H-pyrrole nitrogens is 1. The van der Waals surface area contributed by atoms with Crippen LogP contribution in [0.25, 0.3) is 66.0 Å². The van der Waals surface area contributed by atoms with Crippen LogP contribution in [0.3, 0.4) is 0 Å². The number of rotatable bonds is 2. The Morgan fingerprint density at radius 1 is 0.526 bits per heavy atom. The van der Waals surface area contributed by atoms with Crippen molar-refractivity contribution in [2.45, 2.75) is 19.3 Å². The lowest BCUT2D eigenvalue weighted by molar-refractivity contribution is 0.660. The SMILES string of the molecule is CC1(C)c2ccccc2-c2c(-c3cccc(-c4cccc5c4[nH]c4ccc6ccccc6c45)c3)cccc21. The van der Waals surface area contributed by atoms with Crippen molar-refractivity contribution < 1.29 is 0 Å². The molecular formula is C37H27N. The number of aromatic amines is 1. The van der Waals surface area contributed by atoms with Crippen molar-refractivity contribution in [3.05, 3.63) is 132 Å². The molecule has 0 atom stereocenters. The predicted octanol–water partition coefficient (Wildman–Crippen LogP) is 10.1. The van der Waals surface area contributed by atoms with Crippen LogP contribution in [-0.2, 0) is 5.41 Å². The Kier molecular flexibility index (Phi) is 4.35. The predicted molar refractivity (Wildman–Crippen MR) is 162 cm³/mol. The zero-order chi connectivity index (χ0) is 25.4. The molecule has 6 aromatic carbocycles. The molecule has 0 amide bonds. The molecule has 0 bridgehead atoms. The van der Waals surface area contributed by atoms with E-state index >= 15 is 0 Å². The van der Waals surface area contributed by atoms with Crippen LogP contribution >= 0.6 is 0 Å². The lowest BCUT2D eigenvalue weighted by Gasteiger charge is -2.21. The maximum absolute atomic E-state index is 3.76. The average Bonchev–Trinajstić information content (AvgIpc) is 3.46. The largest absolute Gasteiger partial charge is 0.354 e. The number of fused-ring (bicyclic) bond motifs is 8. The van der Waals surface area contributed by atoms with Gasteiger partial charge in [0.15, 0.2) is 0 Å². The van der Waals surface area contributed by atoms with E-state index in [1.54, 1.807) is 0 Å². The van der Waals surface area contributed by atoms with Gasteiger partial charge in [-0.2, -0.15) is 0 Å². The van der Waals surface area contributed by atoms with Crippen LogP contribution in [-0.4, -0.2) is 4.98 Å². The van der Waals surface area contributed by atoms with Crippen LogP contribution < -0.4 is 0 Å². The van der Waals surface area contributed by atoms with E-state index in [0.29, 0.717) is 0 Å². The fraction of sp³-hybridized carbons (Fsp3) is 0.0811. The Hall–Kier alpha value is -4.62. The first-order chi connectivity index (χ1) is 18.6. The zero-order valence-electron chi connectivity index (χ0n) is 21.5. The normalized spacial score (nSPS) is 13.7. The number of hydrogen-bond acceptors (Lipinski definition) is 0. The first kappa shape index (κ1) is 21.5. The summed E-state index contributed by atoms with van der Waals surface area (Å²) >= 11 is 0. The molecule has 8 rings (SSSR count). The van der Waals surface area contributed by atoms with Gasteiger partial charge < -0.3 is 4.98 Å². The standard InChI is InChI=1S/C37H27N/c1-37(2)31-18-6-5-14-29(31)34-27(15-9-19-32(34)37)24-11-7-12-25(22-24)28-16-8-17-30-35-26-13-4-3-10-23(26)20-21-33(35)38-36(28)30/h3-22,38H,1-2H3. The van der Waals surface area contributed by atoms with Gasteiger partial charge in [0.25, 0.3) is 0 Å². The minimum absolute atomic E-state index is 0.00172. The Labute approximate surface area is 222 Å². The molecule has 0 spiro atoms. The molecular weight excluding hydrogens is 458 g/mol. The quantitative estimate of drug-likeness (QED) is 0.251. The molecule has 0 radical (unpaired) electrons. The van der Waals surface area contributed by atoms with E-state index < -0.39 is 0 Å². The zero-order valence-corrected chi connectivity index (χ0v) is 21.5. The number of para-hydroxylation sites is 1. The van der Waals surface area contributed by atoms with E-state index in [0.717, 1.165) is 0 Å². The second-order valence-electron chi connectivity index (χ2n) is 11.0. The molecule has 0 saturated carbocycles. The van der Waals surface area contributed by atoms with E-state index in [-0.39, 0.29) is 5.41 Å². The topological polar surface area (TPSA) is 15.8 Å². The molecule has 1 heterocycles. The van der Waals surface area contributed by atoms with Gasteiger partial charge in [-0.1, -0.05) is 123 Å². The molecule has 0 unspecified atom stereocenters. The third-order valence-corrected chi connectivity index (χ3v) is 8.61. The Balaban J connectivity index is 1.35. The fourth-order valence-electron chi connectivity index (χ4n) is 6.79. The Morgan fingerprint density at radius 3 is 2.11 bits per heavy atom. The summed E-state index contributed by atoms with van der Waals surface area (Å²) in [6.45, 7) is 4.69. The van der Waals surface area contributed by atoms with Crippen molar-refractivity contribution in [2.75, 3.05) is 0 Å². The smallest absolute Gasteiger partial charge is 0.0544 e. The number of aromatic nitrogens is 1. The average molecular weight is 486 g/mol. The van der Waals surface area contributed by atoms with Crippen LogP contribution in [0.4, 0.5) is 0 Å². The molecule has 1 aliphatic carbocycles. The molecule has 1 nitrogen and oxygen atoms in total. The highest BCUT2D eigenvalue weighted by Gasteiger charge is 2.36. The lowest BCUT2D eigenvalue weighted by atomic mass is 9.82. The van der Waals surface area contributed by atoms with Crippen molar-refractivity contribution in [3.8, 4) is 33.4 Å². The molecule has 1 N–H and O–H groups in total. The highest BCUT2D eigenvalue weighted by molar-refractivity contribution is 6.22.